The molecule has 4 rings (SSSR count). The number of aromatic nitrogens is 2. The van der Waals surface area contributed by atoms with Crippen molar-refractivity contribution >= 4 is 22.8 Å². The lowest BCUT2D eigenvalue weighted by Crippen LogP contribution is -2.49. The molecule has 0 saturated carbocycles. The van der Waals surface area contributed by atoms with Gasteiger partial charge in [-0.2, -0.15) is 0 Å². The maximum Gasteiger partial charge on any atom is 0.253 e. The van der Waals surface area contributed by atoms with Gasteiger partial charge in [-0.1, -0.05) is 18.2 Å². The van der Waals surface area contributed by atoms with Gasteiger partial charge in [0.15, 0.2) is 5.82 Å². The Labute approximate surface area is 159 Å². The number of carbonyl (C=O) groups is 1. The lowest BCUT2D eigenvalue weighted by atomic mass is 10.1. The molecule has 0 atom stereocenters. The molecule has 1 saturated heterocycles. The Morgan fingerprint density at radius 1 is 0.852 bits per heavy atom. The molecular weight excluding hydrogens is 336 g/mol. The van der Waals surface area contributed by atoms with Crippen LogP contribution in [-0.4, -0.2) is 47.0 Å². The number of carbonyl (C=O) groups excluding carboxylic acids is 1. The number of nitrogens with zero attached hydrogens (tertiary/aromatic N) is 4. The third-order valence-corrected chi connectivity index (χ3v) is 5.34. The van der Waals surface area contributed by atoms with Crippen LogP contribution >= 0.6 is 0 Å². The number of benzene rings is 2. The molecule has 0 radical (unpaired) electrons. The second-order valence-corrected chi connectivity index (χ2v) is 7.20. The molecule has 2 heterocycles. The Kier molecular flexibility index (Phi) is 4.52. The molecular formula is C22H24N4O. The van der Waals surface area contributed by atoms with Crippen LogP contribution < -0.4 is 4.90 Å². The van der Waals surface area contributed by atoms with E-state index in [0.29, 0.717) is 13.1 Å². The van der Waals surface area contributed by atoms with Gasteiger partial charge in [-0.15, -0.1) is 0 Å². The van der Waals surface area contributed by atoms with Crippen LogP contribution in [0.25, 0.3) is 11.0 Å². The van der Waals surface area contributed by atoms with Crippen molar-refractivity contribution in [1.82, 2.24) is 14.9 Å². The van der Waals surface area contributed by atoms with Gasteiger partial charge < -0.3 is 9.80 Å². The fourth-order valence-electron chi connectivity index (χ4n) is 3.56. The van der Waals surface area contributed by atoms with Gasteiger partial charge in [0.05, 0.1) is 16.7 Å². The molecule has 1 amide bonds. The van der Waals surface area contributed by atoms with E-state index in [-0.39, 0.29) is 5.91 Å². The molecule has 3 aromatic rings. The van der Waals surface area contributed by atoms with Crippen LogP contribution in [0.2, 0.25) is 0 Å². The monoisotopic (exact) mass is 360 g/mol. The van der Waals surface area contributed by atoms with Gasteiger partial charge in [0, 0.05) is 31.7 Å². The smallest absolute Gasteiger partial charge is 0.253 e. The summed E-state index contributed by atoms with van der Waals surface area (Å²) in [7, 11) is 0. The van der Waals surface area contributed by atoms with Crippen molar-refractivity contribution in [2.45, 2.75) is 20.8 Å². The maximum absolute atomic E-state index is 12.8. The number of aryl methyl sites for hydroxylation is 3. The van der Waals surface area contributed by atoms with Gasteiger partial charge in [0.25, 0.3) is 5.91 Å². The van der Waals surface area contributed by atoms with Crippen LogP contribution in [0.5, 0.6) is 0 Å². The summed E-state index contributed by atoms with van der Waals surface area (Å²) in [6.45, 7) is 9.04. The molecule has 5 heteroatoms. The predicted octanol–water partition coefficient (Wildman–Crippen LogP) is 3.52. The summed E-state index contributed by atoms with van der Waals surface area (Å²) in [5, 5.41) is 0. The van der Waals surface area contributed by atoms with E-state index in [1.807, 2.05) is 61.2 Å². The van der Waals surface area contributed by atoms with Crippen LogP contribution in [0.4, 0.5) is 5.82 Å². The fraction of sp³-hybridized carbons (Fsp3) is 0.318. The van der Waals surface area contributed by atoms with E-state index in [1.54, 1.807) is 0 Å². The first kappa shape index (κ1) is 17.5. The van der Waals surface area contributed by atoms with Gasteiger partial charge in [0.1, 0.15) is 0 Å². The standard InChI is InChI=1S/C22H24N4O/c1-15-8-9-18(14-16(15)2)22(27)26-12-10-25(11-13-26)21-17(3)23-19-6-4-5-7-20(19)24-21/h4-9,14H,10-13H2,1-3H3. The summed E-state index contributed by atoms with van der Waals surface area (Å²) in [5.41, 5.74) is 5.90. The van der Waals surface area contributed by atoms with Gasteiger partial charge in [-0.05, 0) is 56.2 Å². The van der Waals surface area contributed by atoms with Crippen molar-refractivity contribution in [3.05, 3.63) is 64.8 Å². The zero-order valence-corrected chi connectivity index (χ0v) is 16.1. The number of fused-ring (bicyclic) bond motifs is 1. The first-order valence-electron chi connectivity index (χ1n) is 9.38. The van der Waals surface area contributed by atoms with E-state index < -0.39 is 0 Å². The number of para-hydroxylation sites is 2. The molecule has 1 aliphatic rings. The lowest BCUT2D eigenvalue weighted by molar-refractivity contribution is 0.0746. The average Bonchev–Trinajstić information content (AvgIpc) is 2.69. The van der Waals surface area contributed by atoms with Crippen LogP contribution in [0.15, 0.2) is 42.5 Å². The third-order valence-electron chi connectivity index (χ3n) is 5.34. The minimum absolute atomic E-state index is 0.110. The van der Waals surface area contributed by atoms with E-state index >= 15 is 0 Å². The fourth-order valence-corrected chi connectivity index (χ4v) is 3.56. The number of anilines is 1. The highest BCUT2D eigenvalue weighted by Gasteiger charge is 2.24. The molecule has 0 bridgehead atoms. The Morgan fingerprint density at radius 2 is 1.52 bits per heavy atom. The summed E-state index contributed by atoms with van der Waals surface area (Å²) in [4.78, 5) is 26.5. The average molecular weight is 360 g/mol. The Morgan fingerprint density at radius 3 is 2.19 bits per heavy atom. The summed E-state index contributed by atoms with van der Waals surface area (Å²) in [5.74, 6) is 1.03. The van der Waals surface area contributed by atoms with Crippen molar-refractivity contribution in [1.29, 1.82) is 0 Å². The normalized spacial score (nSPS) is 14.6. The minimum atomic E-state index is 0.110. The van der Waals surface area contributed by atoms with Gasteiger partial charge in [-0.3, -0.25) is 4.79 Å². The lowest BCUT2D eigenvalue weighted by Gasteiger charge is -2.36. The molecule has 0 spiro atoms. The van der Waals surface area contributed by atoms with Crippen LogP contribution in [0, 0.1) is 20.8 Å². The van der Waals surface area contributed by atoms with E-state index in [4.69, 9.17) is 4.98 Å². The summed E-state index contributed by atoms with van der Waals surface area (Å²) in [6, 6.07) is 13.9. The van der Waals surface area contributed by atoms with E-state index in [2.05, 4.69) is 16.8 Å². The van der Waals surface area contributed by atoms with Crippen LogP contribution in [0.3, 0.4) is 0 Å². The van der Waals surface area contributed by atoms with Gasteiger partial charge in [-0.25, -0.2) is 9.97 Å². The number of piperazine rings is 1. The first-order valence-corrected chi connectivity index (χ1v) is 9.38. The van der Waals surface area contributed by atoms with Crippen molar-refractivity contribution < 1.29 is 4.79 Å². The molecule has 1 fully saturated rings. The van der Waals surface area contributed by atoms with Crippen LogP contribution in [-0.2, 0) is 0 Å². The highest BCUT2D eigenvalue weighted by Crippen LogP contribution is 2.22. The zero-order chi connectivity index (χ0) is 19.0. The highest BCUT2D eigenvalue weighted by atomic mass is 16.2. The third kappa shape index (κ3) is 3.37. The maximum atomic E-state index is 12.8. The quantitative estimate of drug-likeness (QED) is 0.702. The zero-order valence-electron chi connectivity index (χ0n) is 16.1. The Bertz CT molecular complexity index is 1010. The number of amides is 1. The second-order valence-electron chi connectivity index (χ2n) is 7.20. The molecule has 0 N–H and O–H groups in total. The van der Waals surface area contributed by atoms with Crippen molar-refractivity contribution in [3.8, 4) is 0 Å². The number of rotatable bonds is 2. The Balaban J connectivity index is 1.49. The molecule has 138 valence electrons. The molecule has 0 unspecified atom stereocenters. The highest BCUT2D eigenvalue weighted by molar-refractivity contribution is 5.94. The summed E-state index contributed by atoms with van der Waals surface area (Å²) in [6.07, 6.45) is 0. The molecule has 1 aliphatic heterocycles. The largest absolute Gasteiger partial charge is 0.352 e. The minimum Gasteiger partial charge on any atom is -0.352 e. The molecule has 1 aromatic heterocycles. The van der Waals surface area contributed by atoms with E-state index in [9.17, 15) is 4.79 Å². The molecule has 0 aliphatic carbocycles. The summed E-state index contributed by atoms with van der Waals surface area (Å²) < 4.78 is 0. The first-order chi connectivity index (χ1) is 13.0. The van der Waals surface area contributed by atoms with Crippen molar-refractivity contribution in [2.75, 3.05) is 31.1 Å². The van der Waals surface area contributed by atoms with Crippen LogP contribution in [0.1, 0.15) is 27.2 Å². The van der Waals surface area contributed by atoms with E-state index in [0.717, 1.165) is 46.8 Å². The van der Waals surface area contributed by atoms with E-state index in [1.165, 1.54) is 5.56 Å². The van der Waals surface area contributed by atoms with Crippen molar-refractivity contribution in [2.24, 2.45) is 0 Å². The molecule has 27 heavy (non-hydrogen) atoms. The molecule has 2 aromatic carbocycles. The number of hydrogen-bond acceptors (Lipinski definition) is 4. The number of hydrogen-bond donors (Lipinski definition) is 0. The Hall–Kier alpha value is -2.95. The molecule has 5 nitrogen and oxygen atoms in total. The van der Waals surface area contributed by atoms with Gasteiger partial charge >= 0.3 is 0 Å². The second kappa shape index (κ2) is 6.99. The summed E-state index contributed by atoms with van der Waals surface area (Å²) >= 11 is 0. The van der Waals surface area contributed by atoms with Gasteiger partial charge in [0.2, 0.25) is 0 Å². The van der Waals surface area contributed by atoms with Crippen molar-refractivity contribution in [3.63, 3.8) is 0 Å². The predicted molar refractivity (Wildman–Crippen MR) is 108 cm³/mol. The topological polar surface area (TPSA) is 49.3 Å². The SMILES string of the molecule is Cc1ccc(C(=O)N2CCN(c3nc4ccccc4nc3C)CC2)cc1C.